The highest BCUT2D eigenvalue weighted by Crippen LogP contribution is 2.39. The van der Waals surface area contributed by atoms with Gasteiger partial charge in [0.15, 0.2) is 0 Å². The maximum atomic E-state index is 12.4. The van der Waals surface area contributed by atoms with Crippen LogP contribution in [-0.2, 0) is 24.1 Å². The van der Waals surface area contributed by atoms with Crippen LogP contribution in [0.15, 0.2) is 24.3 Å². The number of carbonyl (C=O) groups is 1. The van der Waals surface area contributed by atoms with Crippen LogP contribution in [0, 0.1) is 0 Å². The van der Waals surface area contributed by atoms with Gasteiger partial charge < -0.3 is 15.0 Å². The lowest BCUT2D eigenvalue weighted by molar-refractivity contribution is 0.0533. The van der Waals surface area contributed by atoms with Crippen LogP contribution in [0.4, 0.5) is 11.4 Å². The fourth-order valence-corrected chi connectivity index (χ4v) is 4.46. The van der Waals surface area contributed by atoms with E-state index in [0.717, 1.165) is 23.4 Å². The molecule has 2 aromatic rings. The molecular formula is C20H26N2O2S. The van der Waals surface area contributed by atoms with Crippen molar-refractivity contribution in [3.63, 3.8) is 0 Å². The molecule has 0 atom stereocenters. The molecule has 1 aliphatic carbocycles. The standard InChI is InChI=1S/C20H26N2O2S/c1-4-24-20(23)19-18(16-7-5-6-8-17(16)25-19)21-13-14-9-11-15(12-10-14)22(2)3/h9-12,21H,4-8,13H2,1-3H3. The molecule has 0 aliphatic heterocycles. The summed E-state index contributed by atoms with van der Waals surface area (Å²) < 4.78 is 5.27. The minimum atomic E-state index is -0.202. The van der Waals surface area contributed by atoms with Crippen molar-refractivity contribution in [3.05, 3.63) is 45.1 Å². The maximum Gasteiger partial charge on any atom is 0.350 e. The van der Waals surface area contributed by atoms with Gasteiger partial charge in [-0.05, 0) is 55.9 Å². The first kappa shape index (κ1) is 17.8. The van der Waals surface area contributed by atoms with E-state index in [1.165, 1.54) is 34.5 Å². The Labute approximate surface area is 153 Å². The molecule has 1 heterocycles. The number of carbonyl (C=O) groups excluding carboxylic acids is 1. The second-order valence-corrected chi connectivity index (χ2v) is 7.66. The van der Waals surface area contributed by atoms with Crippen molar-refractivity contribution < 1.29 is 9.53 Å². The van der Waals surface area contributed by atoms with Crippen molar-refractivity contribution >= 4 is 28.7 Å². The predicted octanol–water partition coefficient (Wildman–Crippen LogP) is 4.48. The maximum absolute atomic E-state index is 12.4. The van der Waals surface area contributed by atoms with Crippen molar-refractivity contribution in [3.8, 4) is 0 Å². The number of thiophene rings is 1. The van der Waals surface area contributed by atoms with E-state index in [2.05, 4.69) is 34.5 Å². The molecule has 0 amide bonds. The van der Waals surface area contributed by atoms with Crippen LogP contribution in [0.5, 0.6) is 0 Å². The fraction of sp³-hybridized carbons (Fsp3) is 0.450. The molecule has 25 heavy (non-hydrogen) atoms. The number of hydrogen-bond acceptors (Lipinski definition) is 5. The zero-order valence-electron chi connectivity index (χ0n) is 15.2. The summed E-state index contributed by atoms with van der Waals surface area (Å²) >= 11 is 1.61. The zero-order chi connectivity index (χ0) is 17.8. The third-order valence-electron chi connectivity index (χ3n) is 4.55. The molecule has 1 aromatic heterocycles. The summed E-state index contributed by atoms with van der Waals surface area (Å²) in [6, 6.07) is 8.50. The Hall–Kier alpha value is -2.01. The van der Waals surface area contributed by atoms with Gasteiger partial charge in [-0.2, -0.15) is 0 Å². The number of hydrogen-bond donors (Lipinski definition) is 1. The van der Waals surface area contributed by atoms with Crippen LogP contribution >= 0.6 is 11.3 Å². The Balaban J connectivity index is 1.80. The van der Waals surface area contributed by atoms with Gasteiger partial charge in [-0.25, -0.2) is 4.79 Å². The quantitative estimate of drug-likeness (QED) is 0.773. The molecule has 3 rings (SSSR count). The smallest absolute Gasteiger partial charge is 0.350 e. The van der Waals surface area contributed by atoms with Gasteiger partial charge in [0.2, 0.25) is 0 Å². The largest absolute Gasteiger partial charge is 0.462 e. The zero-order valence-corrected chi connectivity index (χ0v) is 16.0. The highest BCUT2D eigenvalue weighted by Gasteiger charge is 2.25. The van der Waals surface area contributed by atoms with Crippen molar-refractivity contribution in [1.29, 1.82) is 0 Å². The molecular weight excluding hydrogens is 332 g/mol. The van der Waals surface area contributed by atoms with Crippen LogP contribution in [0.3, 0.4) is 0 Å². The van der Waals surface area contributed by atoms with Crippen molar-refractivity contribution in [1.82, 2.24) is 0 Å². The number of esters is 1. The Bertz CT molecular complexity index is 735. The molecule has 0 bridgehead atoms. The van der Waals surface area contributed by atoms with E-state index >= 15 is 0 Å². The summed E-state index contributed by atoms with van der Waals surface area (Å²) in [4.78, 5) is 16.5. The normalized spacial score (nSPS) is 13.2. The lowest BCUT2D eigenvalue weighted by Gasteiger charge is -2.15. The van der Waals surface area contributed by atoms with Crippen LogP contribution in [0.2, 0.25) is 0 Å². The van der Waals surface area contributed by atoms with E-state index in [0.29, 0.717) is 13.2 Å². The Morgan fingerprint density at radius 2 is 1.92 bits per heavy atom. The Morgan fingerprint density at radius 1 is 1.20 bits per heavy atom. The predicted molar refractivity (Wildman–Crippen MR) is 105 cm³/mol. The lowest BCUT2D eigenvalue weighted by atomic mass is 9.97. The number of nitrogens with one attached hydrogen (secondary N) is 1. The van der Waals surface area contributed by atoms with E-state index in [-0.39, 0.29) is 5.97 Å². The molecule has 1 aliphatic rings. The first-order chi connectivity index (χ1) is 12.1. The molecule has 5 heteroatoms. The summed E-state index contributed by atoms with van der Waals surface area (Å²) in [6.07, 6.45) is 4.53. The summed E-state index contributed by atoms with van der Waals surface area (Å²) in [5.41, 5.74) is 4.71. The number of rotatable bonds is 6. The average Bonchev–Trinajstić information content (AvgIpc) is 2.99. The highest BCUT2D eigenvalue weighted by molar-refractivity contribution is 7.14. The van der Waals surface area contributed by atoms with Gasteiger partial charge in [-0.1, -0.05) is 12.1 Å². The molecule has 1 aromatic carbocycles. The minimum Gasteiger partial charge on any atom is -0.462 e. The van der Waals surface area contributed by atoms with Gasteiger partial charge in [0, 0.05) is 31.2 Å². The summed E-state index contributed by atoms with van der Waals surface area (Å²) in [5.74, 6) is -0.202. The summed E-state index contributed by atoms with van der Waals surface area (Å²) in [7, 11) is 4.08. The van der Waals surface area contributed by atoms with Crippen molar-refractivity contribution in [2.24, 2.45) is 0 Å². The SMILES string of the molecule is CCOC(=O)c1sc2c(c1NCc1ccc(N(C)C)cc1)CCCC2. The van der Waals surface area contributed by atoms with Crippen molar-refractivity contribution in [2.45, 2.75) is 39.2 Å². The number of nitrogens with zero attached hydrogens (tertiary/aromatic N) is 1. The number of fused-ring (bicyclic) bond motifs is 1. The van der Waals surface area contributed by atoms with Crippen LogP contribution in [0.25, 0.3) is 0 Å². The molecule has 0 unspecified atom stereocenters. The third kappa shape index (κ3) is 3.98. The van der Waals surface area contributed by atoms with E-state index in [9.17, 15) is 4.79 Å². The van der Waals surface area contributed by atoms with E-state index in [1.807, 2.05) is 21.0 Å². The van der Waals surface area contributed by atoms with Gasteiger partial charge in [-0.15, -0.1) is 11.3 Å². The highest BCUT2D eigenvalue weighted by atomic mass is 32.1. The van der Waals surface area contributed by atoms with Gasteiger partial charge in [0.05, 0.1) is 12.3 Å². The lowest BCUT2D eigenvalue weighted by Crippen LogP contribution is -2.10. The number of anilines is 2. The topological polar surface area (TPSA) is 41.6 Å². The van der Waals surface area contributed by atoms with E-state index < -0.39 is 0 Å². The summed E-state index contributed by atoms with van der Waals surface area (Å²) in [5, 5.41) is 3.52. The van der Waals surface area contributed by atoms with E-state index in [4.69, 9.17) is 4.74 Å². The second kappa shape index (κ2) is 7.91. The minimum absolute atomic E-state index is 0.202. The molecule has 0 saturated carbocycles. The van der Waals surface area contributed by atoms with Gasteiger partial charge >= 0.3 is 5.97 Å². The Kier molecular flexibility index (Phi) is 5.63. The van der Waals surface area contributed by atoms with E-state index in [1.54, 1.807) is 11.3 Å². The molecule has 1 N–H and O–H groups in total. The number of benzene rings is 1. The Morgan fingerprint density at radius 3 is 2.60 bits per heavy atom. The molecule has 0 fully saturated rings. The second-order valence-electron chi connectivity index (χ2n) is 6.55. The van der Waals surface area contributed by atoms with Crippen LogP contribution < -0.4 is 10.2 Å². The number of ether oxygens (including phenoxy) is 1. The third-order valence-corrected chi connectivity index (χ3v) is 5.83. The first-order valence-electron chi connectivity index (χ1n) is 8.92. The summed E-state index contributed by atoms with van der Waals surface area (Å²) in [6.45, 7) is 2.97. The molecule has 0 saturated heterocycles. The van der Waals surface area contributed by atoms with Gasteiger partial charge in [0.25, 0.3) is 0 Å². The fourth-order valence-electron chi connectivity index (χ4n) is 3.20. The van der Waals surface area contributed by atoms with Crippen LogP contribution in [0.1, 0.15) is 45.4 Å². The molecule has 0 spiro atoms. The molecule has 0 radical (unpaired) electrons. The van der Waals surface area contributed by atoms with Gasteiger partial charge in [-0.3, -0.25) is 0 Å². The molecule has 134 valence electrons. The van der Waals surface area contributed by atoms with Crippen LogP contribution in [-0.4, -0.2) is 26.7 Å². The van der Waals surface area contributed by atoms with Crippen molar-refractivity contribution in [2.75, 3.05) is 30.9 Å². The molecule has 4 nitrogen and oxygen atoms in total. The first-order valence-corrected chi connectivity index (χ1v) is 9.73. The monoisotopic (exact) mass is 358 g/mol. The average molecular weight is 359 g/mol. The number of aryl methyl sites for hydroxylation is 1. The van der Waals surface area contributed by atoms with Gasteiger partial charge in [0.1, 0.15) is 4.88 Å².